The fraction of sp³-hybridized carbons (Fsp3) is 0.533. The first kappa shape index (κ1) is 13.4. The van der Waals surface area contributed by atoms with Crippen LogP contribution in [0.4, 0.5) is 5.82 Å². The van der Waals surface area contributed by atoms with Gasteiger partial charge in [-0.05, 0) is 39.2 Å². The molecule has 5 nitrogen and oxygen atoms in total. The highest BCUT2D eigenvalue weighted by molar-refractivity contribution is 5.52. The van der Waals surface area contributed by atoms with Crippen LogP contribution < -0.4 is 10.2 Å². The van der Waals surface area contributed by atoms with Crippen molar-refractivity contribution in [2.45, 2.75) is 19.0 Å². The van der Waals surface area contributed by atoms with Gasteiger partial charge in [-0.2, -0.15) is 0 Å². The third kappa shape index (κ3) is 2.39. The number of nitrogens with one attached hydrogen (secondary N) is 1. The van der Waals surface area contributed by atoms with Crippen molar-refractivity contribution < 1.29 is 0 Å². The summed E-state index contributed by atoms with van der Waals surface area (Å²) in [7, 11) is 6.33. The van der Waals surface area contributed by atoms with Gasteiger partial charge in [-0.25, -0.2) is 4.98 Å². The first-order valence-electron chi connectivity index (χ1n) is 7.22. The predicted octanol–water partition coefficient (Wildman–Crippen LogP) is 1.19. The molecule has 2 aromatic rings. The van der Waals surface area contributed by atoms with Crippen LogP contribution in [0.15, 0.2) is 24.4 Å². The summed E-state index contributed by atoms with van der Waals surface area (Å²) in [5.74, 6) is 1.22. The third-order valence-electron chi connectivity index (χ3n) is 4.15. The smallest absolute Gasteiger partial charge is 0.138 e. The predicted molar refractivity (Wildman–Crippen MR) is 82.3 cm³/mol. The van der Waals surface area contributed by atoms with Crippen LogP contribution in [0.1, 0.15) is 12.1 Å². The summed E-state index contributed by atoms with van der Waals surface area (Å²) in [5.41, 5.74) is 2.10. The number of anilines is 1. The van der Waals surface area contributed by atoms with Gasteiger partial charge in [0.05, 0.1) is 5.69 Å². The van der Waals surface area contributed by atoms with Gasteiger partial charge in [-0.1, -0.05) is 6.07 Å². The van der Waals surface area contributed by atoms with Gasteiger partial charge in [0.15, 0.2) is 0 Å². The number of aromatic nitrogens is 2. The van der Waals surface area contributed by atoms with E-state index in [4.69, 9.17) is 0 Å². The summed E-state index contributed by atoms with van der Waals surface area (Å²) in [6.45, 7) is 3.11. The zero-order chi connectivity index (χ0) is 14.1. The molecule has 3 rings (SSSR count). The Kier molecular flexibility index (Phi) is 3.63. The number of hydrogen-bond donors (Lipinski definition) is 1. The molecule has 0 bridgehead atoms. The summed E-state index contributed by atoms with van der Waals surface area (Å²) < 4.78 is 2.20. The zero-order valence-electron chi connectivity index (χ0n) is 12.5. The molecule has 1 saturated heterocycles. The molecule has 1 unspecified atom stereocenters. The Morgan fingerprint density at radius 1 is 1.45 bits per heavy atom. The van der Waals surface area contributed by atoms with Gasteiger partial charge < -0.3 is 15.1 Å². The number of likely N-dealkylation sites (N-methyl/N-ethyl adjacent to an activating group) is 2. The van der Waals surface area contributed by atoms with Crippen molar-refractivity contribution in [2.75, 3.05) is 39.1 Å². The number of imidazole rings is 1. The lowest BCUT2D eigenvalue weighted by atomic mass is 10.2. The standard InChI is InChI=1S/C15H23N5/c1-16-9-12-10-20-14(17-12)5-4-6-15(20)19(3)13-7-8-18(2)11-13/h4-6,10,13,16H,7-9,11H2,1-3H3. The molecule has 1 aliphatic heterocycles. The Labute approximate surface area is 120 Å². The lowest BCUT2D eigenvalue weighted by molar-refractivity contribution is 0.409. The van der Waals surface area contributed by atoms with Gasteiger partial charge in [0, 0.05) is 32.4 Å². The molecule has 1 atom stereocenters. The molecular formula is C15H23N5. The average Bonchev–Trinajstić information content (AvgIpc) is 3.03. The zero-order valence-corrected chi connectivity index (χ0v) is 12.5. The van der Waals surface area contributed by atoms with Crippen LogP contribution in [0.3, 0.4) is 0 Å². The largest absolute Gasteiger partial charge is 0.356 e. The van der Waals surface area contributed by atoms with Crippen LogP contribution in [0.25, 0.3) is 5.65 Å². The summed E-state index contributed by atoms with van der Waals surface area (Å²) in [6, 6.07) is 6.92. The second kappa shape index (κ2) is 5.42. The van der Waals surface area contributed by atoms with Crippen molar-refractivity contribution in [3.05, 3.63) is 30.1 Å². The number of rotatable bonds is 4. The van der Waals surface area contributed by atoms with E-state index in [2.05, 4.69) is 63.0 Å². The van der Waals surface area contributed by atoms with Gasteiger partial charge >= 0.3 is 0 Å². The first-order valence-corrected chi connectivity index (χ1v) is 7.22. The highest BCUT2D eigenvalue weighted by Crippen LogP contribution is 2.22. The van der Waals surface area contributed by atoms with E-state index in [0.717, 1.165) is 24.4 Å². The second-order valence-electron chi connectivity index (χ2n) is 5.69. The van der Waals surface area contributed by atoms with Gasteiger partial charge in [0.2, 0.25) is 0 Å². The van der Waals surface area contributed by atoms with E-state index in [1.165, 1.54) is 18.8 Å². The molecule has 0 spiro atoms. The minimum absolute atomic E-state index is 0.584. The molecule has 2 aromatic heterocycles. The quantitative estimate of drug-likeness (QED) is 0.908. The lowest BCUT2D eigenvalue weighted by Crippen LogP contribution is -2.34. The van der Waals surface area contributed by atoms with Crippen molar-refractivity contribution in [2.24, 2.45) is 0 Å². The van der Waals surface area contributed by atoms with E-state index in [-0.39, 0.29) is 0 Å². The Bertz CT molecular complexity index is 591. The summed E-state index contributed by atoms with van der Waals surface area (Å²) in [5, 5.41) is 3.16. The van der Waals surface area contributed by atoms with E-state index < -0.39 is 0 Å². The summed E-state index contributed by atoms with van der Waals surface area (Å²) in [6.07, 6.45) is 3.36. The average molecular weight is 273 g/mol. The number of hydrogen-bond acceptors (Lipinski definition) is 4. The van der Waals surface area contributed by atoms with Crippen molar-refractivity contribution in [3.8, 4) is 0 Å². The van der Waals surface area contributed by atoms with E-state index in [1.54, 1.807) is 0 Å². The van der Waals surface area contributed by atoms with E-state index in [9.17, 15) is 0 Å². The minimum atomic E-state index is 0.584. The lowest BCUT2D eigenvalue weighted by Gasteiger charge is -2.27. The number of pyridine rings is 1. The van der Waals surface area contributed by atoms with Crippen LogP contribution in [0.2, 0.25) is 0 Å². The number of nitrogens with zero attached hydrogens (tertiary/aromatic N) is 4. The molecule has 0 saturated carbocycles. The Hall–Kier alpha value is -1.59. The fourth-order valence-corrected chi connectivity index (χ4v) is 3.02. The topological polar surface area (TPSA) is 35.8 Å². The van der Waals surface area contributed by atoms with Crippen LogP contribution in [0, 0.1) is 0 Å². The van der Waals surface area contributed by atoms with Crippen LogP contribution in [-0.2, 0) is 6.54 Å². The second-order valence-corrected chi connectivity index (χ2v) is 5.69. The van der Waals surface area contributed by atoms with Gasteiger partial charge in [0.1, 0.15) is 11.5 Å². The summed E-state index contributed by atoms with van der Waals surface area (Å²) in [4.78, 5) is 9.43. The molecule has 1 N–H and O–H groups in total. The van der Waals surface area contributed by atoms with Crippen molar-refractivity contribution in [1.29, 1.82) is 0 Å². The Morgan fingerprint density at radius 2 is 2.30 bits per heavy atom. The molecule has 0 amide bonds. The maximum atomic E-state index is 4.65. The monoisotopic (exact) mass is 273 g/mol. The van der Waals surface area contributed by atoms with E-state index in [0.29, 0.717) is 6.04 Å². The molecule has 108 valence electrons. The molecule has 1 fully saturated rings. The molecule has 3 heterocycles. The number of likely N-dealkylation sites (tertiary alicyclic amines) is 1. The highest BCUT2D eigenvalue weighted by atomic mass is 15.3. The van der Waals surface area contributed by atoms with Crippen molar-refractivity contribution in [3.63, 3.8) is 0 Å². The van der Waals surface area contributed by atoms with Crippen LogP contribution in [0.5, 0.6) is 0 Å². The molecule has 0 radical (unpaired) electrons. The van der Waals surface area contributed by atoms with Crippen molar-refractivity contribution >= 4 is 11.5 Å². The molecule has 0 aliphatic carbocycles. The highest BCUT2D eigenvalue weighted by Gasteiger charge is 2.24. The first-order chi connectivity index (χ1) is 9.69. The fourth-order valence-electron chi connectivity index (χ4n) is 3.02. The third-order valence-corrected chi connectivity index (χ3v) is 4.15. The number of fused-ring (bicyclic) bond motifs is 1. The minimum Gasteiger partial charge on any atom is -0.356 e. The molecule has 5 heteroatoms. The molecule has 1 aliphatic rings. The van der Waals surface area contributed by atoms with Crippen molar-refractivity contribution in [1.82, 2.24) is 19.6 Å². The van der Waals surface area contributed by atoms with Gasteiger partial charge in [-0.3, -0.25) is 4.40 Å². The van der Waals surface area contributed by atoms with Gasteiger partial charge in [-0.15, -0.1) is 0 Å². The van der Waals surface area contributed by atoms with E-state index >= 15 is 0 Å². The normalized spacial score (nSPS) is 19.9. The maximum absolute atomic E-state index is 4.65. The molecule has 0 aromatic carbocycles. The van der Waals surface area contributed by atoms with Crippen LogP contribution in [-0.4, -0.2) is 54.6 Å². The molecule has 20 heavy (non-hydrogen) atoms. The van der Waals surface area contributed by atoms with Gasteiger partial charge in [0.25, 0.3) is 0 Å². The summed E-state index contributed by atoms with van der Waals surface area (Å²) >= 11 is 0. The Morgan fingerprint density at radius 3 is 3.00 bits per heavy atom. The Balaban J connectivity index is 1.93. The van der Waals surface area contributed by atoms with Crippen LogP contribution >= 0.6 is 0 Å². The molecular weight excluding hydrogens is 250 g/mol. The SMILES string of the molecule is CNCc1cn2c(N(C)C3CCN(C)C3)cccc2n1. The maximum Gasteiger partial charge on any atom is 0.138 e. The van der Waals surface area contributed by atoms with E-state index in [1.807, 2.05) is 7.05 Å².